The molecule has 144 valence electrons. The summed E-state index contributed by atoms with van der Waals surface area (Å²) in [5, 5.41) is 13.6. The van der Waals surface area contributed by atoms with Gasteiger partial charge in [-0.15, -0.1) is 10.2 Å². The number of ether oxygens (including phenoxy) is 1. The average molecular weight is 380 g/mol. The van der Waals surface area contributed by atoms with Crippen LogP contribution in [0, 0.1) is 5.82 Å². The van der Waals surface area contributed by atoms with E-state index < -0.39 is 0 Å². The van der Waals surface area contributed by atoms with E-state index in [-0.39, 0.29) is 30.1 Å². The molecule has 0 aliphatic carbocycles. The minimum Gasteiger partial charge on any atom is -0.491 e. The van der Waals surface area contributed by atoms with Crippen molar-refractivity contribution in [2.75, 3.05) is 10.6 Å². The molecule has 2 aromatic carbocycles. The van der Waals surface area contributed by atoms with Gasteiger partial charge in [-0.1, -0.05) is 18.2 Å². The molecule has 0 fully saturated rings. The number of amides is 1. The maximum absolute atomic E-state index is 13.6. The van der Waals surface area contributed by atoms with Crippen molar-refractivity contribution in [1.29, 1.82) is 0 Å². The van der Waals surface area contributed by atoms with Crippen LogP contribution in [-0.2, 0) is 6.54 Å². The van der Waals surface area contributed by atoms with Gasteiger partial charge < -0.3 is 15.4 Å². The molecule has 3 aromatic rings. The van der Waals surface area contributed by atoms with Crippen LogP contribution < -0.4 is 15.4 Å². The number of aromatic nitrogens is 2. The van der Waals surface area contributed by atoms with Gasteiger partial charge in [0.2, 0.25) is 0 Å². The molecule has 1 heterocycles. The molecule has 28 heavy (non-hydrogen) atoms. The second-order valence-electron chi connectivity index (χ2n) is 6.39. The first kappa shape index (κ1) is 19.3. The van der Waals surface area contributed by atoms with Crippen molar-refractivity contribution in [3.63, 3.8) is 0 Å². The van der Waals surface area contributed by atoms with Crippen LogP contribution in [0.3, 0.4) is 0 Å². The summed E-state index contributed by atoms with van der Waals surface area (Å²) in [5.74, 6) is 0.530. The lowest BCUT2D eigenvalue weighted by Gasteiger charge is -2.10. The van der Waals surface area contributed by atoms with Crippen LogP contribution >= 0.6 is 0 Å². The van der Waals surface area contributed by atoms with Gasteiger partial charge in [-0.2, -0.15) is 0 Å². The molecule has 2 N–H and O–H groups in total. The lowest BCUT2D eigenvalue weighted by molar-refractivity contribution is 0.102. The van der Waals surface area contributed by atoms with E-state index in [9.17, 15) is 9.18 Å². The van der Waals surface area contributed by atoms with Gasteiger partial charge in [-0.3, -0.25) is 4.79 Å². The topological polar surface area (TPSA) is 76.1 Å². The molecule has 3 rings (SSSR count). The van der Waals surface area contributed by atoms with Crippen LogP contribution in [-0.4, -0.2) is 22.2 Å². The van der Waals surface area contributed by atoms with Crippen molar-refractivity contribution in [3.05, 3.63) is 77.7 Å². The highest BCUT2D eigenvalue weighted by molar-refractivity contribution is 6.02. The summed E-state index contributed by atoms with van der Waals surface area (Å²) >= 11 is 0. The summed E-state index contributed by atoms with van der Waals surface area (Å²) in [6.45, 7) is 4.17. The van der Waals surface area contributed by atoms with E-state index in [1.807, 2.05) is 13.8 Å². The molecule has 0 unspecified atom stereocenters. The van der Waals surface area contributed by atoms with E-state index in [1.54, 1.807) is 54.6 Å². The van der Waals surface area contributed by atoms with Crippen LogP contribution in [0.1, 0.15) is 29.9 Å². The normalized spacial score (nSPS) is 10.6. The Morgan fingerprint density at radius 2 is 1.79 bits per heavy atom. The van der Waals surface area contributed by atoms with Crippen molar-refractivity contribution < 1.29 is 13.9 Å². The number of halogens is 1. The Balaban J connectivity index is 1.56. The number of hydrogen-bond acceptors (Lipinski definition) is 5. The number of nitrogens with zero attached hydrogens (tertiary/aromatic N) is 2. The van der Waals surface area contributed by atoms with Gasteiger partial charge >= 0.3 is 0 Å². The number of nitrogens with one attached hydrogen (secondary N) is 2. The first-order chi connectivity index (χ1) is 13.5. The number of anilines is 2. The van der Waals surface area contributed by atoms with Crippen LogP contribution in [0.2, 0.25) is 0 Å². The van der Waals surface area contributed by atoms with Gasteiger partial charge in [0.1, 0.15) is 17.4 Å². The summed E-state index contributed by atoms with van der Waals surface area (Å²) < 4.78 is 19.2. The average Bonchev–Trinajstić information content (AvgIpc) is 2.69. The first-order valence-electron chi connectivity index (χ1n) is 8.90. The first-order valence-corrected chi connectivity index (χ1v) is 8.90. The zero-order valence-electron chi connectivity index (χ0n) is 15.6. The highest BCUT2D eigenvalue weighted by Crippen LogP contribution is 2.17. The standard InChI is InChI=1S/C21H21FN4O2/c1-14(2)28-17-9-7-16(8-10-17)24-21(27)19-11-12-20(26-25-19)23-13-15-5-3-4-6-18(15)22/h3-12,14H,13H2,1-2H3,(H,23,26)(H,24,27). The molecule has 0 radical (unpaired) electrons. The zero-order valence-corrected chi connectivity index (χ0v) is 15.6. The van der Waals surface area contributed by atoms with E-state index >= 15 is 0 Å². The smallest absolute Gasteiger partial charge is 0.276 e. The molecule has 7 heteroatoms. The van der Waals surface area contributed by atoms with Crippen molar-refractivity contribution in [2.24, 2.45) is 0 Å². The third kappa shape index (κ3) is 5.26. The fraction of sp³-hybridized carbons (Fsp3) is 0.190. The monoisotopic (exact) mass is 380 g/mol. The maximum Gasteiger partial charge on any atom is 0.276 e. The highest BCUT2D eigenvalue weighted by atomic mass is 19.1. The minimum absolute atomic E-state index is 0.0845. The lowest BCUT2D eigenvalue weighted by Crippen LogP contribution is -2.15. The molecular formula is C21H21FN4O2. The Morgan fingerprint density at radius 3 is 2.43 bits per heavy atom. The number of benzene rings is 2. The van der Waals surface area contributed by atoms with Crippen molar-refractivity contribution in [3.8, 4) is 5.75 Å². The predicted octanol–water partition coefficient (Wildman–Crippen LogP) is 4.27. The SMILES string of the molecule is CC(C)Oc1ccc(NC(=O)c2ccc(NCc3ccccc3F)nn2)cc1. The summed E-state index contributed by atoms with van der Waals surface area (Å²) in [6, 6.07) is 16.8. The van der Waals surface area contributed by atoms with Gasteiger partial charge in [0.05, 0.1) is 6.10 Å². The Labute approximate surface area is 162 Å². The number of rotatable bonds is 7. The molecule has 0 aliphatic heterocycles. The van der Waals surface area contributed by atoms with Crippen LogP contribution in [0.15, 0.2) is 60.7 Å². The molecular weight excluding hydrogens is 359 g/mol. The van der Waals surface area contributed by atoms with Gasteiger partial charge in [-0.25, -0.2) is 4.39 Å². The fourth-order valence-corrected chi connectivity index (χ4v) is 2.46. The molecule has 0 bridgehead atoms. The Morgan fingerprint density at radius 1 is 1.04 bits per heavy atom. The number of carbonyl (C=O) groups excluding carboxylic acids is 1. The van der Waals surface area contributed by atoms with Gasteiger partial charge in [0, 0.05) is 17.8 Å². The second-order valence-corrected chi connectivity index (χ2v) is 6.39. The maximum atomic E-state index is 13.6. The minimum atomic E-state index is -0.370. The molecule has 6 nitrogen and oxygen atoms in total. The largest absolute Gasteiger partial charge is 0.491 e. The summed E-state index contributed by atoms with van der Waals surface area (Å²) in [7, 11) is 0. The third-order valence-corrected chi connectivity index (χ3v) is 3.80. The van der Waals surface area contributed by atoms with Crippen molar-refractivity contribution >= 4 is 17.4 Å². The van der Waals surface area contributed by atoms with Crippen LogP contribution in [0.4, 0.5) is 15.9 Å². The van der Waals surface area contributed by atoms with E-state index in [4.69, 9.17) is 4.74 Å². The quantitative estimate of drug-likeness (QED) is 0.640. The second kappa shape index (κ2) is 8.94. The Kier molecular flexibility index (Phi) is 6.16. The van der Waals surface area contributed by atoms with Crippen LogP contribution in [0.25, 0.3) is 0 Å². The molecule has 0 atom stereocenters. The molecule has 0 saturated carbocycles. The van der Waals surface area contributed by atoms with Gasteiger partial charge in [0.25, 0.3) is 5.91 Å². The van der Waals surface area contributed by atoms with E-state index in [2.05, 4.69) is 20.8 Å². The summed E-state index contributed by atoms with van der Waals surface area (Å²) in [4.78, 5) is 12.3. The van der Waals surface area contributed by atoms with E-state index in [0.717, 1.165) is 5.75 Å². The molecule has 0 aliphatic rings. The molecule has 0 spiro atoms. The van der Waals surface area contributed by atoms with Crippen molar-refractivity contribution in [2.45, 2.75) is 26.5 Å². The summed E-state index contributed by atoms with van der Waals surface area (Å²) in [5.41, 5.74) is 1.33. The van der Waals surface area contributed by atoms with Gasteiger partial charge in [-0.05, 0) is 56.3 Å². The molecule has 1 amide bonds. The summed E-state index contributed by atoms with van der Waals surface area (Å²) in [6.07, 6.45) is 0.0845. The Hall–Kier alpha value is -3.48. The number of hydrogen-bond donors (Lipinski definition) is 2. The molecule has 1 aromatic heterocycles. The predicted molar refractivity (Wildman–Crippen MR) is 106 cm³/mol. The van der Waals surface area contributed by atoms with Crippen LogP contribution in [0.5, 0.6) is 5.75 Å². The Bertz CT molecular complexity index is 928. The molecule has 0 saturated heterocycles. The third-order valence-electron chi connectivity index (χ3n) is 3.80. The number of carbonyl (C=O) groups is 1. The zero-order chi connectivity index (χ0) is 19.9. The fourth-order valence-electron chi connectivity index (χ4n) is 2.46. The highest BCUT2D eigenvalue weighted by Gasteiger charge is 2.09. The van der Waals surface area contributed by atoms with E-state index in [0.29, 0.717) is 17.1 Å². The van der Waals surface area contributed by atoms with Crippen molar-refractivity contribution in [1.82, 2.24) is 10.2 Å². The lowest BCUT2D eigenvalue weighted by atomic mass is 10.2. The van der Waals surface area contributed by atoms with E-state index in [1.165, 1.54) is 6.07 Å². The van der Waals surface area contributed by atoms with Gasteiger partial charge in [0.15, 0.2) is 5.69 Å².